The molecule has 3 heteroatoms. The number of rotatable bonds is 5. The van der Waals surface area contributed by atoms with E-state index in [-0.39, 0.29) is 0 Å². The van der Waals surface area contributed by atoms with Gasteiger partial charge >= 0.3 is 0 Å². The molecule has 0 unspecified atom stereocenters. The molecule has 0 aliphatic rings. The van der Waals surface area contributed by atoms with Crippen LogP contribution >= 0.6 is 0 Å². The van der Waals surface area contributed by atoms with Gasteiger partial charge in [0.25, 0.3) is 0 Å². The van der Waals surface area contributed by atoms with E-state index in [1.54, 1.807) is 7.11 Å². The highest BCUT2D eigenvalue weighted by Gasteiger charge is 2.11. The van der Waals surface area contributed by atoms with Crippen LogP contribution in [-0.4, -0.2) is 13.7 Å². The Hall–Kier alpha value is -1.06. The normalized spacial score (nSPS) is 10.7. The monoisotopic (exact) mass is 209 g/mol. The number of benzene rings is 1. The van der Waals surface area contributed by atoms with E-state index in [1.165, 1.54) is 5.56 Å². The molecule has 0 aliphatic heterocycles. The van der Waals surface area contributed by atoms with Crippen LogP contribution in [0.4, 0.5) is 0 Å². The summed E-state index contributed by atoms with van der Waals surface area (Å²) >= 11 is 0. The van der Waals surface area contributed by atoms with E-state index in [9.17, 15) is 0 Å². The van der Waals surface area contributed by atoms with Crippen LogP contribution in [0.15, 0.2) is 18.2 Å². The molecule has 1 aromatic rings. The SMILES string of the molecule is COc1c(CCON)cccc1C(C)C. The summed E-state index contributed by atoms with van der Waals surface area (Å²) in [6.45, 7) is 4.82. The fourth-order valence-electron chi connectivity index (χ4n) is 1.67. The number of hydrogen-bond donors (Lipinski definition) is 1. The zero-order valence-corrected chi connectivity index (χ0v) is 9.62. The fourth-order valence-corrected chi connectivity index (χ4v) is 1.67. The molecule has 0 saturated carbocycles. The molecule has 0 bridgehead atoms. The number of para-hydroxylation sites is 1. The van der Waals surface area contributed by atoms with Gasteiger partial charge in [-0.25, -0.2) is 5.90 Å². The Balaban J connectivity index is 2.99. The second-order valence-corrected chi connectivity index (χ2v) is 3.82. The first-order chi connectivity index (χ1) is 7.20. The molecule has 0 atom stereocenters. The predicted molar refractivity (Wildman–Crippen MR) is 60.9 cm³/mol. The van der Waals surface area contributed by atoms with Gasteiger partial charge in [0.2, 0.25) is 0 Å². The first kappa shape index (κ1) is 12.0. The van der Waals surface area contributed by atoms with Gasteiger partial charge in [0.05, 0.1) is 13.7 Å². The lowest BCUT2D eigenvalue weighted by atomic mass is 9.98. The Bertz CT molecular complexity index is 310. The minimum absolute atomic E-state index is 0.457. The smallest absolute Gasteiger partial charge is 0.125 e. The Morgan fingerprint density at radius 1 is 1.33 bits per heavy atom. The molecule has 0 fully saturated rings. The summed E-state index contributed by atoms with van der Waals surface area (Å²) in [5.74, 6) is 6.44. The first-order valence-corrected chi connectivity index (χ1v) is 5.18. The highest BCUT2D eigenvalue weighted by Crippen LogP contribution is 2.30. The molecule has 0 amide bonds. The Morgan fingerprint density at radius 3 is 2.60 bits per heavy atom. The van der Waals surface area contributed by atoms with E-state index in [0.29, 0.717) is 12.5 Å². The number of ether oxygens (including phenoxy) is 1. The summed E-state index contributed by atoms with van der Waals surface area (Å²) in [6.07, 6.45) is 0.778. The highest BCUT2D eigenvalue weighted by molar-refractivity contribution is 5.43. The lowest BCUT2D eigenvalue weighted by Gasteiger charge is -2.15. The summed E-state index contributed by atoms with van der Waals surface area (Å²) in [5, 5.41) is 0. The fraction of sp³-hybridized carbons (Fsp3) is 0.500. The van der Waals surface area contributed by atoms with Gasteiger partial charge in [0, 0.05) is 6.42 Å². The van der Waals surface area contributed by atoms with Crippen LogP contribution in [0.25, 0.3) is 0 Å². The summed E-state index contributed by atoms with van der Waals surface area (Å²) in [5.41, 5.74) is 2.38. The minimum atomic E-state index is 0.457. The molecular formula is C12H19NO2. The molecule has 0 aromatic heterocycles. The second-order valence-electron chi connectivity index (χ2n) is 3.82. The van der Waals surface area contributed by atoms with E-state index in [0.717, 1.165) is 17.7 Å². The zero-order valence-electron chi connectivity index (χ0n) is 9.62. The molecule has 84 valence electrons. The average molecular weight is 209 g/mol. The largest absolute Gasteiger partial charge is 0.496 e. The maximum Gasteiger partial charge on any atom is 0.125 e. The number of hydrogen-bond acceptors (Lipinski definition) is 3. The van der Waals surface area contributed by atoms with Crippen molar-refractivity contribution in [2.24, 2.45) is 5.90 Å². The van der Waals surface area contributed by atoms with Crippen molar-refractivity contribution in [1.82, 2.24) is 0 Å². The van der Waals surface area contributed by atoms with Crippen molar-refractivity contribution in [3.63, 3.8) is 0 Å². The van der Waals surface area contributed by atoms with Crippen molar-refractivity contribution in [3.8, 4) is 5.75 Å². The minimum Gasteiger partial charge on any atom is -0.496 e. The lowest BCUT2D eigenvalue weighted by Crippen LogP contribution is -2.06. The van der Waals surface area contributed by atoms with Gasteiger partial charge < -0.3 is 9.57 Å². The molecule has 0 spiro atoms. The molecule has 1 aromatic carbocycles. The number of nitrogens with two attached hydrogens (primary N) is 1. The Labute approximate surface area is 91.1 Å². The Kier molecular flexibility index (Phi) is 4.59. The van der Waals surface area contributed by atoms with Crippen molar-refractivity contribution in [3.05, 3.63) is 29.3 Å². The molecular weight excluding hydrogens is 190 g/mol. The van der Waals surface area contributed by atoms with E-state index in [4.69, 9.17) is 10.6 Å². The molecule has 0 aliphatic carbocycles. The van der Waals surface area contributed by atoms with E-state index in [1.807, 2.05) is 12.1 Å². The topological polar surface area (TPSA) is 44.5 Å². The third-order valence-corrected chi connectivity index (χ3v) is 2.44. The maximum absolute atomic E-state index is 5.44. The van der Waals surface area contributed by atoms with Crippen LogP contribution in [0.2, 0.25) is 0 Å². The van der Waals surface area contributed by atoms with Crippen LogP contribution < -0.4 is 10.6 Å². The van der Waals surface area contributed by atoms with Crippen molar-refractivity contribution in [2.45, 2.75) is 26.2 Å². The van der Waals surface area contributed by atoms with Crippen LogP contribution in [0, 0.1) is 0 Å². The maximum atomic E-state index is 5.44. The van der Waals surface area contributed by atoms with Gasteiger partial charge in [-0.3, -0.25) is 0 Å². The van der Waals surface area contributed by atoms with Crippen molar-refractivity contribution in [2.75, 3.05) is 13.7 Å². The van der Waals surface area contributed by atoms with Crippen LogP contribution in [0.1, 0.15) is 30.9 Å². The highest BCUT2D eigenvalue weighted by atomic mass is 16.6. The Morgan fingerprint density at radius 2 is 2.07 bits per heavy atom. The summed E-state index contributed by atoms with van der Waals surface area (Å²) in [4.78, 5) is 4.59. The van der Waals surface area contributed by atoms with E-state index in [2.05, 4.69) is 24.8 Å². The van der Waals surface area contributed by atoms with Crippen LogP contribution in [0.5, 0.6) is 5.75 Å². The first-order valence-electron chi connectivity index (χ1n) is 5.18. The average Bonchev–Trinajstić information content (AvgIpc) is 2.25. The molecule has 0 heterocycles. The van der Waals surface area contributed by atoms with E-state index < -0.39 is 0 Å². The van der Waals surface area contributed by atoms with Crippen molar-refractivity contribution < 1.29 is 9.57 Å². The van der Waals surface area contributed by atoms with Crippen LogP contribution in [0.3, 0.4) is 0 Å². The summed E-state index contributed by atoms with van der Waals surface area (Å²) in [7, 11) is 1.70. The van der Waals surface area contributed by atoms with Gasteiger partial charge in [-0.15, -0.1) is 0 Å². The van der Waals surface area contributed by atoms with Gasteiger partial charge in [0.15, 0.2) is 0 Å². The predicted octanol–water partition coefficient (Wildman–Crippen LogP) is 2.25. The summed E-state index contributed by atoms with van der Waals surface area (Å²) in [6, 6.07) is 6.18. The standard InChI is InChI=1S/C12H19NO2/c1-9(2)11-6-4-5-10(7-8-15-13)12(11)14-3/h4-6,9H,7-8,13H2,1-3H3. The third kappa shape index (κ3) is 2.94. The molecule has 0 radical (unpaired) electrons. The van der Waals surface area contributed by atoms with Crippen molar-refractivity contribution >= 4 is 0 Å². The lowest BCUT2D eigenvalue weighted by molar-refractivity contribution is 0.140. The molecule has 2 N–H and O–H groups in total. The molecule has 0 saturated heterocycles. The van der Waals surface area contributed by atoms with Gasteiger partial charge in [0.1, 0.15) is 5.75 Å². The number of methoxy groups -OCH3 is 1. The van der Waals surface area contributed by atoms with Gasteiger partial charge in [-0.2, -0.15) is 0 Å². The van der Waals surface area contributed by atoms with Crippen molar-refractivity contribution in [1.29, 1.82) is 0 Å². The molecule has 3 nitrogen and oxygen atoms in total. The van der Waals surface area contributed by atoms with Gasteiger partial charge in [-0.1, -0.05) is 32.0 Å². The van der Waals surface area contributed by atoms with Crippen LogP contribution in [-0.2, 0) is 11.3 Å². The quantitative estimate of drug-likeness (QED) is 0.756. The van der Waals surface area contributed by atoms with Gasteiger partial charge in [-0.05, 0) is 17.0 Å². The zero-order chi connectivity index (χ0) is 11.3. The third-order valence-electron chi connectivity index (χ3n) is 2.44. The second kappa shape index (κ2) is 5.73. The van der Waals surface area contributed by atoms with E-state index >= 15 is 0 Å². The molecule has 1 rings (SSSR count). The summed E-state index contributed by atoms with van der Waals surface area (Å²) < 4.78 is 5.44. The molecule has 15 heavy (non-hydrogen) atoms.